The molecule has 4 nitrogen and oxygen atoms in total. The summed E-state index contributed by atoms with van der Waals surface area (Å²) in [5.74, 6) is 1.28. The van der Waals surface area contributed by atoms with Crippen molar-refractivity contribution in [3.63, 3.8) is 0 Å². The molecule has 29 heavy (non-hydrogen) atoms. The fraction of sp³-hybridized carbons (Fsp3) is 0.240. The van der Waals surface area contributed by atoms with Crippen molar-refractivity contribution in [3.8, 4) is 11.5 Å². The molecule has 1 N–H and O–H groups in total. The van der Waals surface area contributed by atoms with E-state index in [4.69, 9.17) is 9.47 Å². The SMILES string of the molecule is Cc1cccc(C)c1OC(C)C(=O)Nc1cccc(OCCc2ccccc2)c1. The molecule has 3 rings (SSSR count). The van der Waals surface area contributed by atoms with Crippen molar-refractivity contribution < 1.29 is 14.3 Å². The number of anilines is 1. The van der Waals surface area contributed by atoms with Crippen LogP contribution in [0.15, 0.2) is 72.8 Å². The highest BCUT2D eigenvalue weighted by atomic mass is 16.5. The molecule has 0 aromatic heterocycles. The Morgan fingerprint density at radius 3 is 2.34 bits per heavy atom. The maximum Gasteiger partial charge on any atom is 0.265 e. The van der Waals surface area contributed by atoms with Crippen molar-refractivity contribution in [2.24, 2.45) is 0 Å². The molecule has 150 valence electrons. The third-order valence-electron chi connectivity index (χ3n) is 4.68. The molecule has 4 heteroatoms. The van der Waals surface area contributed by atoms with Gasteiger partial charge in [0.25, 0.3) is 5.91 Å². The van der Waals surface area contributed by atoms with E-state index in [2.05, 4.69) is 17.4 Å². The number of hydrogen-bond acceptors (Lipinski definition) is 3. The van der Waals surface area contributed by atoms with Gasteiger partial charge in [0, 0.05) is 18.2 Å². The first-order chi connectivity index (χ1) is 14.0. The second kappa shape index (κ2) is 9.78. The van der Waals surface area contributed by atoms with Crippen LogP contribution in [0.2, 0.25) is 0 Å². The van der Waals surface area contributed by atoms with E-state index in [1.807, 2.05) is 74.5 Å². The predicted octanol–water partition coefficient (Wildman–Crippen LogP) is 5.33. The highest BCUT2D eigenvalue weighted by Crippen LogP contribution is 2.24. The minimum absolute atomic E-state index is 0.200. The van der Waals surface area contributed by atoms with Gasteiger partial charge >= 0.3 is 0 Å². The molecule has 1 atom stereocenters. The lowest BCUT2D eigenvalue weighted by molar-refractivity contribution is -0.122. The Kier molecular flexibility index (Phi) is 6.90. The molecule has 0 aliphatic heterocycles. The van der Waals surface area contributed by atoms with Gasteiger partial charge in [-0.1, -0.05) is 54.6 Å². The summed E-state index contributed by atoms with van der Waals surface area (Å²) < 4.78 is 11.7. The fourth-order valence-corrected chi connectivity index (χ4v) is 3.05. The molecule has 3 aromatic carbocycles. The normalized spacial score (nSPS) is 11.6. The molecule has 0 saturated heterocycles. The number of nitrogens with one attached hydrogen (secondary N) is 1. The Morgan fingerprint density at radius 2 is 1.62 bits per heavy atom. The van der Waals surface area contributed by atoms with Crippen LogP contribution in [0.25, 0.3) is 0 Å². The number of aryl methyl sites for hydroxylation is 2. The van der Waals surface area contributed by atoms with Crippen molar-refractivity contribution in [1.29, 1.82) is 0 Å². The van der Waals surface area contributed by atoms with Gasteiger partial charge in [0.05, 0.1) is 6.61 Å². The number of amides is 1. The molecular weight excluding hydrogens is 362 g/mol. The van der Waals surface area contributed by atoms with Crippen LogP contribution in [-0.2, 0) is 11.2 Å². The van der Waals surface area contributed by atoms with Crippen LogP contribution in [0.4, 0.5) is 5.69 Å². The molecule has 0 heterocycles. The molecule has 3 aromatic rings. The van der Waals surface area contributed by atoms with E-state index in [9.17, 15) is 4.79 Å². The number of ether oxygens (including phenoxy) is 2. The van der Waals surface area contributed by atoms with Gasteiger partial charge in [-0.25, -0.2) is 0 Å². The van der Waals surface area contributed by atoms with Gasteiger partial charge in [-0.15, -0.1) is 0 Å². The third kappa shape index (κ3) is 5.85. The molecule has 1 unspecified atom stereocenters. The Morgan fingerprint density at radius 1 is 0.931 bits per heavy atom. The smallest absolute Gasteiger partial charge is 0.265 e. The van der Waals surface area contributed by atoms with Crippen molar-refractivity contribution in [2.45, 2.75) is 33.3 Å². The monoisotopic (exact) mass is 389 g/mol. The average molecular weight is 389 g/mol. The number of carbonyl (C=O) groups is 1. The maximum atomic E-state index is 12.6. The molecule has 1 amide bonds. The molecule has 0 aliphatic carbocycles. The molecule has 0 fully saturated rings. The van der Waals surface area contributed by atoms with E-state index in [1.54, 1.807) is 6.92 Å². The van der Waals surface area contributed by atoms with Gasteiger partial charge in [0.15, 0.2) is 6.10 Å². The van der Waals surface area contributed by atoms with E-state index in [-0.39, 0.29) is 5.91 Å². The summed E-state index contributed by atoms with van der Waals surface area (Å²) in [5, 5.41) is 2.91. The first-order valence-electron chi connectivity index (χ1n) is 9.83. The lowest BCUT2D eigenvalue weighted by Gasteiger charge is -2.18. The van der Waals surface area contributed by atoms with Gasteiger partial charge in [0.1, 0.15) is 11.5 Å². The number of benzene rings is 3. The molecule has 0 saturated carbocycles. The minimum Gasteiger partial charge on any atom is -0.493 e. The van der Waals surface area contributed by atoms with E-state index in [0.29, 0.717) is 12.3 Å². The zero-order valence-electron chi connectivity index (χ0n) is 17.1. The first-order valence-corrected chi connectivity index (χ1v) is 9.83. The molecule has 0 radical (unpaired) electrons. The van der Waals surface area contributed by atoms with Crippen molar-refractivity contribution >= 4 is 11.6 Å². The van der Waals surface area contributed by atoms with E-state index in [1.165, 1.54) is 5.56 Å². The van der Waals surface area contributed by atoms with Gasteiger partial charge in [-0.2, -0.15) is 0 Å². The summed E-state index contributed by atoms with van der Waals surface area (Å²) in [7, 11) is 0. The number of hydrogen-bond donors (Lipinski definition) is 1. The number of para-hydroxylation sites is 1. The Hall–Kier alpha value is -3.27. The molecule has 0 bridgehead atoms. The Labute approximate surface area is 172 Å². The Bertz CT molecular complexity index is 933. The minimum atomic E-state index is -0.613. The molecular formula is C25H27NO3. The maximum absolute atomic E-state index is 12.6. The van der Waals surface area contributed by atoms with Gasteiger partial charge in [-0.05, 0) is 49.6 Å². The standard InChI is InChI=1S/C25H27NO3/c1-18-9-7-10-19(2)24(18)29-20(3)25(27)26-22-13-8-14-23(17-22)28-16-15-21-11-5-4-6-12-21/h4-14,17,20H,15-16H2,1-3H3,(H,26,27). The largest absolute Gasteiger partial charge is 0.493 e. The van der Waals surface area contributed by atoms with Gasteiger partial charge in [-0.3, -0.25) is 4.79 Å². The first kappa shape index (κ1) is 20.5. The number of rotatable bonds is 8. The highest BCUT2D eigenvalue weighted by molar-refractivity contribution is 5.94. The summed E-state index contributed by atoms with van der Waals surface area (Å²) in [5.41, 5.74) is 3.94. The lowest BCUT2D eigenvalue weighted by Crippen LogP contribution is -2.30. The number of carbonyl (C=O) groups excluding carboxylic acids is 1. The highest BCUT2D eigenvalue weighted by Gasteiger charge is 2.17. The second-order valence-corrected chi connectivity index (χ2v) is 7.08. The summed E-state index contributed by atoms with van der Waals surface area (Å²) in [6.07, 6.45) is 0.218. The zero-order valence-corrected chi connectivity index (χ0v) is 17.1. The average Bonchev–Trinajstić information content (AvgIpc) is 2.72. The summed E-state index contributed by atoms with van der Waals surface area (Å²) >= 11 is 0. The van der Waals surface area contributed by atoms with Crippen molar-refractivity contribution in [1.82, 2.24) is 0 Å². The van der Waals surface area contributed by atoms with E-state index >= 15 is 0 Å². The summed E-state index contributed by atoms with van der Waals surface area (Å²) in [6, 6.07) is 23.6. The van der Waals surface area contributed by atoms with Crippen LogP contribution in [-0.4, -0.2) is 18.6 Å². The second-order valence-electron chi connectivity index (χ2n) is 7.08. The summed E-state index contributed by atoms with van der Waals surface area (Å²) in [6.45, 7) is 6.28. The van der Waals surface area contributed by atoms with E-state index < -0.39 is 6.10 Å². The van der Waals surface area contributed by atoms with Crippen molar-refractivity contribution in [2.75, 3.05) is 11.9 Å². The van der Waals surface area contributed by atoms with Crippen LogP contribution in [0.1, 0.15) is 23.6 Å². The van der Waals surface area contributed by atoms with Crippen LogP contribution in [0.5, 0.6) is 11.5 Å². The van der Waals surface area contributed by atoms with Crippen LogP contribution in [0.3, 0.4) is 0 Å². The zero-order chi connectivity index (χ0) is 20.6. The van der Waals surface area contributed by atoms with Crippen molar-refractivity contribution in [3.05, 3.63) is 89.5 Å². The summed E-state index contributed by atoms with van der Waals surface area (Å²) in [4.78, 5) is 12.6. The fourth-order valence-electron chi connectivity index (χ4n) is 3.05. The molecule has 0 spiro atoms. The van der Waals surface area contributed by atoms with Gasteiger partial charge in [0.2, 0.25) is 0 Å². The topological polar surface area (TPSA) is 47.6 Å². The van der Waals surface area contributed by atoms with Crippen LogP contribution >= 0.6 is 0 Å². The van der Waals surface area contributed by atoms with E-state index in [0.717, 1.165) is 29.0 Å². The van der Waals surface area contributed by atoms with Gasteiger partial charge < -0.3 is 14.8 Å². The van der Waals surface area contributed by atoms with Crippen LogP contribution in [0, 0.1) is 13.8 Å². The Balaban J connectivity index is 1.55. The molecule has 0 aliphatic rings. The third-order valence-corrected chi connectivity index (χ3v) is 4.68. The lowest BCUT2D eigenvalue weighted by atomic mass is 10.1. The quantitative estimate of drug-likeness (QED) is 0.566. The van der Waals surface area contributed by atoms with Crippen LogP contribution < -0.4 is 14.8 Å². The predicted molar refractivity (Wildman–Crippen MR) is 117 cm³/mol.